The lowest BCUT2D eigenvalue weighted by molar-refractivity contribution is -0.132. The molecule has 3 rings (SSSR count). The number of hydrogen-bond acceptors (Lipinski definition) is 3. The quantitative estimate of drug-likeness (QED) is 0.775. The molecule has 2 aliphatic rings. The van der Waals surface area contributed by atoms with Crippen LogP contribution in [0.4, 0.5) is 0 Å². The van der Waals surface area contributed by atoms with E-state index in [-0.39, 0.29) is 12.0 Å². The summed E-state index contributed by atoms with van der Waals surface area (Å²) in [5.74, 6) is 0.982. The molecule has 0 N–H and O–H groups in total. The summed E-state index contributed by atoms with van der Waals surface area (Å²) in [6.07, 6.45) is 3.81. The Morgan fingerprint density at radius 1 is 1.17 bits per heavy atom. The predicted octanol–water partition coefficient (Wildman–Crippen LogP) is 2.54. The van der Waals surface area contributed by atoms with Crippen molar-refractivity contribution in [3.63, 3.8) is 0 Å². The predicted molar refractivity (Wildman–Crippen MR) is 91.1 cm³/mol. The average molecular weight is 316 g/mol. The number of hydrogen-bond donors (Lipinski definition) is 0. The fourth-order valence-corrected chi connectivity index (χ4v) is 3.15. The first kappa shape index (κ1) is 16.5. The van der Waals surface area contributed by atoms with Crippen LogP contribution in [0.2, 0.25) is 0 Å². The average Bonchev–Trinajstić information content (AvgIpc) is 3.37. The van der Waals surface area contributed by atoms with Crippen molar-refractivity contribution in [2.75, 3.05) is 32.8 Å². The van der Waals surface area contributed by atoms with Gasteiger partial charge in [0, 0.05) is 26.2 Å². The molecule has 1 saturated carbocycles. The molecule has 1 aromatic carbocycles. The Kier molecular flexibility index (Phi) is 5.68. The highest BCUT2D eigenvalue weighted by Crippen LogP contribution is 2.29. The molecule has 0 radical (unpaired) electrons. The number of ether oxygens (including phenoxy) is 1. The zero-order chi connectivity index (χ0) is 16.1. The normalized spacial score (nSPS) is 23.1. The van der Waals surface area contributed by atoms with Crippen LogP contribution < -0.4 is 0 Å². The number of nitrogens with zero attached hydrogens (tertiary/aromatic N) is 2. The first-order valence-electron chi connectivity index (χ1n) is 8.90. The highest BCUT2D eigenvalue weighted by molar-refractivity contribution is 5.78. The molecule has 0 spiro atoms. The third-order valence-electron chi connectivity index (χ3n) is 4.62. The standard InChI is InChI=1S/C19H28N2O2/c1-2-10-20-12-18(23-15-17-8-9-17)13-21(19(22)14-20)11-16-6-4-3-5-7-16/h3-7,17-18H,2,8-15H2,1H3. The van der Waals surface area contributed by atoms with Gasteiger partial charge in [0.05, 0.1) is 12.6 Å². The van der Waals surface area contributed by atoms with Gasteiger partial charge in [-0.25, -0.2) is 0 Å². The molecule has 1 aliphatic carbocycles. The fourth-order valence-electron chi connectivity index (χ4n) is 3.15. The van der Waals surface area contributed by atoms with E-state index in [0.29, 0.717) is 19.6 Å². The van der Waals surface area contributed by atoms with Gasteiger partial charge in [-0.1, -0.05) is 37.3 Å². The number of benzene rings is 1. The topological polar surface area (TPSA) is 32.8 Å². The van der Waals surface area contributed by atoms with Crippen LogP contribution in [0.5, 0.6) is 0 Å². The second-order valence-corrected chi connectivity index (χ2v) is 6.89. The third kappa shape index (κ3) is 5.05. The molecular formula is C19H28N2O2. The summed E-state index contributed by atoms with van der Waals surface area (Å²) in [7, 11) is 0. The van der Waals surface area contributed by atoms with Crippen LogP contribution in [0, 0.1) is 5.92 Å². The monoisotopic (exact) mass is 316 g/mol. The molecule has 0 aromatic heterocycles. The Morgan fingerprint density at radius 2 is 1.96 bits per heavy atom. The van der Waals surface area contributed by atoms with E-state index < -0.39 is 0 Å². The molecule has 4 heteroatoms. The van der Waals surface area contributed by atoms with Gasteiger partial charge in [-0.3, -0.25) is 9.69 Å². The van der Waals surface area contributed by atoms with Gasteiger partial charge in [0.25, 0.3) is 0 Å². The zero-order valence-corrected chi connectivity index (χ0v) is 14.1. The van der Waals surface area contributed by atoms with Crippen molar-refractivity contribution in [1.82, 2.24) is 9.80 Å². The lowest BCUT2D eigenvalue weighted by atomic mass is 10.2. The number of carbonyl (C=O) groups excluding carboxylic acids is 1. The van der Waals surface area contributed by atoms with Crippen LogP contribution >= 0.6 is 0 Å². The van der Waals surface area contributed by atoms with E-state index in [0.717, 1.165) is 32.0 Å². The first-order valence-corrected chi connectivity index (χ1v) is 8.90. The summed E-state index contributed by atoms with van der Waals surface area (Å²) in [5, 5.41) is 0. The van der Waals surface area contributed by atoms with Gasteiger partial charge in [-0.05, 0) is 37.3 Å². The van der Waals surface area contributed by atoms with E-state index in [4.69, 9.17) is 4.74 Å². The van der Waals surface area contributed by atoms with Crippen LogP contribution in [0.1, 0.15) is 31.7 Å². The van der Waals surface area contributed by atoms with Crippen LogP contribution in [-0.2, 0) is 16.1 Å². The summed E-state index contributed by atoms with van der Waals surface area (Å²) < 4.78 is 6.14. The number of amides is 1. The molecule has 1 atom stereocenters. The van der Waals surface area contributed by atoms with Crippen LogP contribution in [-0.4, -0.2) is 54.6 Å². The summed E-state index contributed by atoms with van der Waals surface area (Å²) >= 11 is 0. The molecule has 2 fully saturated rings. The largest absolute Gasteiger partial charge is 0.375 e. The molecule has 0 bridgehead atoms. The van der Waals surface area contributed by atoms with E-state index in [9.17, 15) is 4.79 Å². The van der Waals surface area contributed by atoms with Crippen LogP contribution in [0.3, 0.4) is 0 Å². The van der Waals surface area contributed by atoms with Gasteiger partial charge >= 0.3 is 0 Å². The van der Waals surface area contributed by atoms with Crippen LogP contribution in [0.15, 0.2) is 30.3 Å². The minimum absolute atomic E-state index is 0.136. The molecule has 126 valence electrons. The highest BCUT2D eigenvalue weighted by atomic mass is 16.5. The molecule has 1 amide bonds. The Hall–Kier alpha value is -1.39. The SMILES string of the molecule is CCCN1CC(=O)N(Cc2ccccc2)CC(OCC2CC2)C1. The maximum atomic E-state index is 12.6. The Labute approximate surface area is 139 Å². The summed E-state index contributed by atoms with van der Waals surface area (Å²) in [4.78, 5) is 16.9. The molecule has 1 unspecified atom stereocenters. The van der Waals surface area contributed by atoms with Gasteiger partial charge in [0.1, 0.15) is 0 Å². The van der Waals surface area contributed by atoms with Gasteiger partial charge in [-0.15, -0.1) is 0 Å². The molecule has 1 aliphatic heterocycles. The van der Waals surface area contributed by atoms with Crippen molar-refractivity contribution in [3.8, 4) is 0 Å². The first-order chi connectivity index (χ1) is 11.2. The molecule has 1 saturated heterocycles. The highest BCUT2D eigenvalue weighted by Gasteiger charge is 2.30. The second kappa shape index (κ2) is 7.93. The molecule has 1 aromatic rings. The fraction of sp³-hybridized carbons (Fsp3) is 0.632. The van der Waals surface area contributed by atoms with Gasteiger partial charge in [0.15, 0.2) is 0 Å². The Morgan fingerprint density at radius 3 is 2.65 bits per heavy atom. The van der Waals surface area contributed by atoms with E-state index >= 15 is 0 Å². The lowest BCUT2D eigenvalue weighted by Gasteiger charge is -2.25. The van der Waals surface area contributed by atoms with E-state index in [1.807, 2.05) is 23.1 Å². The summed E-state index contributed by atoms with van der Waals surface area (Å²) in [6.45, 7) is 6.77. The van der Waals surface area contributed by atoms with Crippen LogP contribution in [0.25, 0.3) is 0 Å². The maximum absolute atomic E-state index is 12.6. The van der Waals surface area contributed by atoms with E-state index in [1.54, 1.807) is 0 Å². The van der Waals surface area contributed by atoms with Crippen molar-refractivity contribution in [2.24, 2.45) is 5.92 Å². The molecular weight excluding hydrogens is 288 g/mol. The van der Waals surface area contributed by atoms with Crippen molar-refractivity contribution in [3.05, 3.63) is 35.9 Å². The van der Waals surface area contributed by atoms with Crippen molar-refractivity contribution in [2.45, 2.75) is 38.8 Å². The third-order valence-corrected chi connectivity index (χ3v) is 4.62. The molecule has 4 nitrogen and oxygen atoms in total. The van der Waals surface area contributed by atoms with Gasteiger partial charge in [0.2, 0.25) is 5.91 Å². The van der Waals surface area contributed by atoms with Crippen molar-refractivity contribution < 1.29 is 9.53 Å². The van der Waals surface area contributed by atoms with Gasteiger partial charge < -0.3 is 9.64 Å². The number of carbonyl (C=O) groups is 1. The number of rotatable bonds is 7. The summed E-state index contributed by atoms with van der Waals surface area (Å²) in [5.41, 5.74) is 1.19. The Bertz CT molecular complexity index is 501. The zero-order valence-electron chi connectivity index (χ0n) is 14.1. The van der Waals surface area contributed by atoms with Gasteiger partial charge in [-0.2, -0.15) is 0 Å². The molecule has 1 heterocycles. The van der Waals surface area contributed by atoms with Crippen molar-refractivity contribution in [1.29, 1.82) is 0 Å². The van der Waals surface area contributed by atoms with E-state index in [1.165, 1.54) is 18.4 Å². The lowest BCUT2D eigenvalue weighted by Crippen LogP contribution is -2.37. The van der Waals surface area contributed by atoms with Crippen molar-refractivity contribution >= 4 is 5.91 Å². The minimum atomic E-state index is 0.136. The Balaban J connectivity index is 1.65. The maximum Gasteiger partial charge on any atom is 0.237 e. The smallest absolute Gasteiger partial charge is 0.237 e. The second-order valence-electron chi connectivity index (χ2n) is 6.89. The summed E-state index contributed by atoms with van der Waals surface area (Å²) in [6, 6.07) is 10.2. The van der Waals surface area contributed by atoms with E-state index in [2.05, 4.69) is 24.0 Å². The minimum Gasteiger partial charge on any atom is -0.375 e. The molecule has 23 heavy (non-hydrogen) atoms.